The van der Waals surface area contributed by atoms with E-state index in [9.17, 15) is 9.18 Å². The third-order valence-electron chi connectivity index (χ3n) is 6.80. The molecule has 2 aliphatic heterocycles. The highest BCUT2D eigenvalue weighted by atomic mass is 35.5. The van der Waals surface area contributed by atoms with Crippen LogP contribution in [0.3, 0.4) is 0 Å². The first kappa shape index (κ1) is 24.5. The van der Waals surface area contributed by atoms with E-state index in [2.05, 4.69) is 24.1 Å². The summed E-state index contributed by atoms with van der Waals surface area (Å²) < 4.78 is 21.1. The van der Waals surface area contributed by atoms with Gasteiger partial charge in [0.15, 0.2) is 5.75 Å². The van der Waals surface area contributed by atoms with Gasteiger partial charge in [0.05, 0.1) is 23.1 Å². The Bertz CT molecular complexity index is 1330. The van der Waals surface area contributed by atoms with Gasteiger partial charge in [-0.05, 0) is 36.6 Å². The lowest BCUT2D eigenvalue weighted by atomic mass is 10.0. The maximum atomic E-state index is 14.9. The van der Waals surface area contributed by atoms with Crippen LogP contribution in [-0.2, 0) is 0 Å². The van der Waals surface area contributed by atoms with Gasteiger partial charge >= 0.3 is 0 Å². The van der Waals surface area contributed by atoms with E-state index in [0.29, 0.717) is 25.5 Å². The lowest BCUT2D eigenvalue weighted by molar-refractivity contribution is 0.0607. The van der Waals surface area contributed by atoms with Crippen LogP contribution in [0.25, 0.3) is 11.3 Å². The fraction of sp³-hybridized carbons (Fsp3) is 0.370. The summed E-state index contributed by atoms with van der Waals surface area (Å²) in [6, 6.07) is 8.11. The van der Waals surface area contributed by atoms with Crippen molar-refractivity contribution in [3.8, 4) is 17.0 Å². The number of nitrogens with one attached hydrogen (secondary N) is 1. The zero-order valence-electron chi connectivity index (χ0n) is 20.8. The fourth-order valence-electron chi connectivity index (χ4n) is 4.97. The smallest absolute Gasteiger partial charge is 0.261 e. The van der Waals surface area contributed by atoms with Crippen LogP contribution in [0.5, 0.6) is 5.75 Å². The SMILES string of the molecule is Cc1ccnc(C(C)C)c1N(C)c1nc(-c2ccccc2F)c(Cl)c2c1C(=O)N1CCNC[C@@H]1CO2. The zero-order chi connectivity index (χ0) is 25.6. The molecule has 0 unspecified atom stereocenters. The molecule has 1 fully saturated rings. The summed E-state index contributed by atoms with van der Waals surface area (Å²) in [7, 11) is 1.85. The van der Waals surface area contributed by atoms with Crippen LogP contribution in [0.15, 0.2) is 36.5 Å². The molecule has 2 aliphatic rings. The standard InChI is InChI=1S/C27H29ClFN5O2/c1-15(2)22-24(16(3)9-10-31-22)33(4)26-20-25(36-14-17-13-30-11-12-34(17)27(20)35)21(28)23(32-26)18-7-5-6-8-19(18)29/h5-10,15,17,30H,11-14H2,1-4H3/t17-/m1/s1. The van der Waals surface area contributed by atoms with E-state index < -0.39 is 5.82 Å². The van der Waals surface area contributed by atoms with Crippen LogP contribution in [0.4, 0.5) is 15.9 Å². The number of hydrogen-bond donors (Lipinski definition) is 1. The Labute approximate surface area is 215 Å². The lowest BCUT2D eigenvalue weighted by Gasteiger charge is -2.34. The van der Waals surface area contributed by atoms with Gasteiger partial charge in [-0.1, -0.05) is 37.6 Å². The Balaban J connectivity index is 1.79. The van der Waals surface area contributed by atoms with Crippen molar-refractivity contribution >= 4 is 29.0 Å². The summed E-state index contributed by atoms with van der Waals surface area (Å²) in [6.45, 7) is 8.27. The second-order valence-electron chi connectivity index (χ2n) is 9.52. The van der Waals surface area contributed by atoms with Gasteiger partial charge in [0, 0.05) is 38.4 Å². The quantitative estimate of drug-likeness (QED) is 0.537. The van der Waals surface area contributed by atoms with Crippen molar-refractivity contribution in [1.29, 1.82) is 0 Å². The molecule has 1 N–H and O–H groups in total. The summed E-state index contributed by atoms with van der Waals surface area (Å²) in [6.07, 6.45) is 1.78. The number of pyridine rings is 2. The molecule has 1 aromatic carbocycles. The average molecular weight is 510 g/mol. The fourth-order valence-corrected chi connectivity index (χ4v) is 5.26. The van der Waals surface area contributed by atoms with E-state index in [1.54, 1.807) is 24.4 Å². The van der Waals surface area contributed by atoms with Crippen molar-refractivity contribution in [3.05, 3.63) is 64.2 Å². The van der Waals surface area contributed by atoms with Gasteiger partial charge in [-0.3, -0.25) is 9.78 Å². The minimum absolute atomic E-state index is 0.125. The molecule has 1 saturated heterocycles. The maximum Gasteiger partial charge on any atom is 0.261 e. The highest BCUT2D eigenvalue weighted by molar-refractivity contribution is 6.35. The number of carbonyl (C=O) groups excluding carboxylic acids is 1. The Hall–Kier alpha value is -3.23. The number of piperazine rings is 1. The number of benzene rings is 1. The van der Waals surface area contributed by atoms with Crippen molar-refractivity contribution in [2.24, 2.45) is 0 Å². The summed E-state index contributed by atoms with van der Waals surface area (Å²) in [5.41, 5.74) is 3.46. The molecule has 1 amide bonds. The molecule has 7 nitrogen and oxygen atoms in total. The highest BCUT2D eigenvalue weighted by Crippen LogP contribution is 2.45. The summed E-state index contributed by atoms with van der Waals surface area (Å²) in [5.74, 6) is 0.0675. The summed E-state index contributed by atoms with van der Waals surface area (Å²) >= 11 is 6.83. The van der Waals surface area contributed by atoms with E-state index in [-0.39, 0.29) is 52.1 Å². The lowest BCUT2D eigenvalue weighted by Crippen LogP contribution is -2.54. The molecule has 0 bridgehead atoms. The molecule has 5 rings (SSSR count). The molecule has 4 heterocycles. The average Bonchev–Trinajstić information content (AvgIpc) is 3.02. The van der Waals surface area contributed by atoms with Crippen molar-refractivity contribution in [2.45, 2.75) is 32.7 Å². The van der Waals surface area contributed by atoms with Crippen LogP contribution in [0, 0.1) is 12.7 Å². The monoisotopic (exact) mass is 509 g/mol. The van der Waals surface area contributed by atoms with Gasteiger partial charge in [0.2, 0.25) is 0 Å². The number of rotatable bonds is 4. The molecule has 36 heavy (non-hydrogen) atoms. The van der Waals surface area contributed by atoms with Crippen molar-refractivity contribution < 1.29 is 13.9 Å². The van der Waals surface area contributed by atoms with Gasteiger partial charge in [0.1, 0.15) is 28.8 Å². The van der Waals surface area contributed by atoms with E-state index in [1.165, 1.54) is 6.07 Å². The molecular weight excluding hydrogens is 481 g/mol. The third-order valence-corrected chi connectivity index (χ3v) is 7.15. The Morgan fingerprint density at radius 1 is 1.28 bits per heavy atom. The molecule has 0 spiro atoms. The molecule has 188 valence electrons. The predicted octanol–water partition coefficient (Wildman–Crippen LogP) is 4.94. The molecule has 9 heteroatoms. The Kier molecular flexibility index (Phi) is 6.57. The Morgan fingerprint density at radius 3 is 2.81 bits per heavy atom. The number of nitrogens with zero attached hydrogens (tertiary/aromatic N) is 4. The van der Waals surface area contributed by atoms with E-state index >= 15 is 0 Å². The first-order valence-corrected chi connectivity index (χ1v) is 12.5. The second kappa shape index (κ2) is 9.67. The number of ether oxygens (including phenoxy) is 1. The van der Waals surface area contributed by atoms with Crippen LogP contribution in [-0.4, -0.2) is 60.1 Å². The van der Waals surface area contributed by atoms with Crippen LogP contribution in [0.1, 0.15) is 41.4 Å². The van der Waals surface area contributed by atoms with Crippen LogP contribution < -0.4 is 15.0 Å². The van der Waals surface area contributed by atoms with Gasteiger partial charge < -0.3 is 19.9 Å². The number of amides is 1. The van der Waals surface area contributed by atoms with Crippen LogP contribution in [0.2, 0.25) is 5.02 Å². The minimum Gasteiger partial charge on any atom is -0.489 e. The second-order valence-corrected chi connectivity index (χ2v) is 9.90. The predicted molar refractivity (Wildman–Crippen MR) is 139 cm³/mol. The van der Waals surface area contributed by atoms with E-state index in [1.807, 2.05) is 29.8 Å². The van der Waals surface area contributed by atoms with Gasteiger partial charge in [-0.2, -0.15) is 0 Å². The molecular formula is C27H29ClFN5O2. The molecule has 2 aromatic heterocycles. The Morgan fingerprint density at radius 2 is 2.06 bits per heavy atom. The number of aromatic nitrogens is 2. The number of fused-ring (bicyclic) bond motifs is 2. The van der Waals surface area contributed by atoms with Crippen molar-refractivity contribution in [3.63, 3.8) is 0 Å². The summed E-state index contributed by atoms with van der Waals surface area (Å²) in [5, 5.41) is 3.44. The maximum absolute atomic E-state index is 14.9. The van der Waals surface area contributed by atoms with Gasteiger partial charge in [-0.15, -0.1) is 0 Å². The number of anilines is 2. The number of aryl methyl sites for hydroxylation is 1. The van der Waals surface area contributed by atoms with E-state index in [4.69, 9.17) is 21.3 Å². The molecule has 0 saturated carbocycles. The third kappa shape index (κ3) is 4.08. The van der Waals surface area contributed by atoms with E-state index in [0.717, 1.165) is 16.9 Å². The number of carbonyl (C=O) groups is 1. The first-order valence-electron chi connectivity index (χ1n) is 12.1. The molecule has 0 aliphatic carbocycles. The van der Waals surface area contributed by atoms with Crippen molar-refractivity contribution in [2.75, 3.05) is 38.2 Å². The topological polar surface area (TPSA) is 70.6 Å². The largest absolute Gasteiger partial charge is 0.489 e. The zero-order valence-corrected chi connectivity index (χ0v) is 21.6. The van der Waals surface area contributed by atoms with Crippen molar-refractivity contribution in [1.82, 2.24) is 20.2 Å². The normalized spacial score (nSPS) is 17.4. The first-order chi connectivity index (χ1) is 17.3. The molecule has 0 radical (unpaired) electrons. The van der Waals surface area contributed by atoms with Gasteiger partial charge in [-0.25, -0.2) is 9.37 Å². The van der Waals surface area contributed by atoms with Crippen LogP contribution >= 0.6 is 11.6 Å². The minimum atomic E-state index is -0.456. The summed E-state index contributed by atoms with van der Waals surface area (Å²) in [4.78, 5) is 27.2. The number of hydrogen-bond acceptors (Lipinski definition) is 6. The number of halogens is 2. The van der Waals surface area contributed by atoms with Gasteiger partial charge in [0.25, 0.3) is 5.91 Å². The molecule has 1 atom stereocenters. The molecule has 3 aromatic rings. The highest BCUT2D eigenvalue weighted by Gasteiger charge is 2.38.